The molecule has 86 valence electrons. The third-order valence-electron chi connectivity index (χ3n) is 2.54. The zero-order chi connectivity index (χ0) is 11.7. The van der Waals surface area contributed by atoms with Crippen molar-refractivity contribution in [2.24, 2.45) is 0 Å². The van der Waals surface area contributed by atoms with Crippen LogP contribution >= 0.6 is 15.9 Å². The van der Waals surface area contributed by atoms with Crippen LogP contribution in [0.15, 0.2) is 16.6 Å². The first-order chi connectivity index (χ1) is 7.69. The van der Waals surface area contributed by atoms with Crippen molar-refractivity contribution in [3.8, 4) is 11.5 Å². The van der Waals surface area contributed by atoms with Gasteiger partial charge in [-0.15, -0.1) is 0 Å². The second-order valence-corrected chi connectivity index (χ2v) is 4.24. The van der Waals surface area contributed by atoms with E-state index in [-0.39, 0.29) is 12.6 Å². The Morgan fingerprint density at radius 2 is 2.31 bits per heavy atom. The van der Waals surface area contributed by atoms with Gasteiger partial charge in [0, 0.05) is 11.0 Å². The molecule has 0 bridgehead atoms. The molecule has 0 fully saturated rings. The summed E-state index contributed by atoms with van der Waals surface area (Å²) >= 11 is 3.36. The van der Waals surface area contributed by atoms with E-state index in [4.69, 9.17) is 9.47 Å². The van der Waals surface area contributed by atoms with Gasteiger partial charge in [0.1, 0.15) is 0 Å². The highest BCUT2D eigenvalue weighted by Crippen LogP contribution is 2.39. The molecule has 0 aliphatic carbocycles. The standard InChI is InChI=1S/C11H12BrNO3/c1-3-13-6-16-10-8(15-2)5-4-7(12)9(10)11(13)14/h4-5H,3,6H2,1-2H3. The highest BCUT2D eigenvalue weighted by Gasteiger charge is 2.29. The molecule has 1 heterocycles. The van der Waals surface area contributed by atoms with Crippen LogP contribution in [-0.4, -0.2) is 31.2 Å². The third kappa shape index (κ3) is 1.65. The van der Waals surface area contributed by atoms with Crippen LogP contribution in [-0.2, 0) is 0 Å². The lowest BCUT2D eigenvalue weighted by Gasteiger charge is -2.29. The smallest absolute Gasteiger partial charge is 0.261 e. The Kier molecular flexibility index (Phi) is 3.05. The van der Waals surface area contributed by atoms with Gasteiger partial charge in [0.2, 0.25) is 0 Å². The van der Waals surface area contributed by atoms with Gasteiger partial charge in [-0.1, -0.05) is 0 Å². The molecule has 2 rings (SSSR count). The molecular weight excluding hydrogens is 274 g/mol. The molecule has 1 amide bonds. The zero-order valence-corrected chi connectivity index (χ0v) is 10.7. The van der Waals surface area contributed by atoms with Crippen molar-refractivity contribution in [3.05, 3.63) is 22.2 Å². The van der Waals surface area contributed by atoms with Crippen molar-refractivity contribution in [3.63, 3.8) is 0 Å². The van der Waals surface area contributed by atoms with E-state index in [1.165, 1.54) is 0 Å². The Morgan fingerprint density at radius 1 is 1.56 bits per heavy atom. The van der Waals surface area contributed by atoms with Gasteiger partial charge in [0.15, 0.2) is 18.2 Å². The predicted octanol–water partition coefficient (Wildman–Crippen LogP) is 2.27. The molecular formula is C11H12BrNO3. The van der Waals surface area contributed by atoms with Crippen LogP contribution in [0.5, 0.6) is 11.5 Å². The number of halogens is 1. The summed E-state index contributed by atoms with van der Waals surface area (Å²) in [4.78, 5) is 13.7. The van der Waals surface area contributed by atoms with Gasteiger partial charge in [-0.25, -0.2) is 0 Å². The van der Waals surface area contributed by atoms with Crippen LogP contribution in [0.1, 0.15) is 17.3 Å². The Morgan fingerprint density at radius 3 is 2.94 bits per heavy atom. The average Bonchev–Trinajstić information content (AvgIpc) is 2.30. The van der Waals surface area contributed by atoms with E-state index in [0.29, 0.717) is 23.6 Å². The normalized spacial score (nSPS) is 14.4. The molecule has 0 aromatic heterocycles. The van der Waals surface area contributed by atoms with Crippen LogP contribution in [0.4, 0.5) is 0 Å². The number of ether oxygens (including phenoxy) is 2. The van der Waals surface area contributed by atoms with Gasteiger partial charge < -0.3 is 14.4 Å². The summed E-state index contributed by atoms with van der Waals surface area (Å²) in [5.41, 5.74) is 0.535. The summed E-state index contributed by atoms with van der Waals surface area (Å²) in [6.45, 7) is 2.82. The number of hydrogen-bond acceptors (Lipinski definition) is 3. The van der Waals surface area contributed by atoms with Gasteiger partial charge >= 0.3 is 0 Å². The first-order valence-corrected chi connectivity index (χ1v) is 5.77. The maximum Gasteiger partial charge on any atom is 0.261 e. The summed E-state index contributed by atoms with van der Waals surface area (Å²) in [6.07, 6.45) is 0. The molecule has 0 atom stereocenters. The maximum absolute atomic E-state index is 12.1. The van der Waals surface area contributed by atoms with E-state index in [0.717, 1.165) is 4.47 Å². The Labute approximate surface area is 102 Å². The molecule has 1 aliphatic heterocycles. The SMILES string of the molecule is CCN1COc2c(OC)ccc(Br)c2C1=O. The largest absolute Gasteiger partial charge is 0.493 e. The van der Waals surface area contributed by atoms with Crippen molar-refractivity contribution in [1.29, 1.82) is 0 Å². The molecule has 1 aliphatic rings. The van der Waals surface area contributed by atoms with Crippen LogP contribution in [0.3, 0.4) is 0 Å². The average molecular weight is 286 g/mol. The summed E-state index contributed by atoms with van der Waals surface area (Å²) in [7, 11) is 1.56. The Balaban J connectivity index is 2.54. The minimum absolute atomic E-state index is 0.0328. The molecule has 0 spiro atoms. The fourth-order valence-corrected chi connectivity index (χ4v) is 2.12. The number of fused-ring (bicyclic) bond motifs is 1. The lowest BCUT2D eigenvalue weighted by molar-refractivity contribution is 0.0528. The number of rotatable bonds is 2. The number of benzene rings is 1. The van der Waals surface area contributed by atoms with Crippen LogP contribution < -0.4 is 9.47 Å². The van der Waals surface area contributed by atoms with Crippen molar-refractivity contribution in [2.75, 3.05) is 20.4 Å². The first kappa shape index (κ1) is 11.3. The van der Waals surface area contributed by atoms with Crippen molar-refractivity contribution in [2.45, 2.75) is 6.92 Å². The summed E-state index contributed by atoms with van der Waals surface area (Å²) in [5, 5.41) is 0. The van der Waals surface area contributed by atoms with E-state index in [9.17, 15) is 4.79 Å². The van der Waals surface area contributed by atoms with Gasteiger partial charge in [-0.3, -0.25) is 4.79 Å². The maximum atomic E-state index is 12.1. The first-order valence-electron chi connectivity index (χ1n) is 4.97. The van der Waals surface area contributed by atoms with E-state index in [2.05, 4.69) is 15.9 Å². The molecule has 0 N–H and O–H groups in total. The van der Waals surface area contributed by atoms with Crippen LogP contribution in [0.2, 0.25) is 0 Å². The molecule has 16 heavy (non-hydrogen) atoms. The minimum Gasteiger partial charge on any atom is -0.493 e. The summed E-state index contributed by atoms with van der Waals surface area (Å²) < 4.78 is 11.4. The Hall–Kier alpha value is -1.23. The van der Waals surface area contributed by atoms with E-state index >= 15 is 0 Å². The van der Waals surface area contributed by atoms with Gasteiger partial charge in [0.05, 0.1) is 12.7 Å². The monoisotopic (exact) mass is 285 g/mol. The molecule has 4 nitrogen and oxygen atoms in total. The zero-order valence-electron chi connectivity index (χ0n) is 9.12. The number of nitrogens with zero attached hydrogens (tertiary/aromatic N) is 1. The van der Waals surface area contributed by atoms with Crippen molar-refractivity contribution in [1.82, 2.24) is 4.90 Å². The van der Waals surface area contributed by atoms with E-state index < -0.39 is 0 Å². The van der Waals surface area contributed by atoms with Crippen molar-refractivity contribution >= 4 is 21.8 Å². The van der Waals surface area contributed by atoms with Gasteiger partial charge in [-0.2, -0.15) is 0 Å². The van der Waals surface area contributed by atoms with E-state index in [1.54, 1.807) is 24.1 Å². The summed E-state index contributed by atoms with van der Waals surface area (Å²) in [5.74, 6) is 1.07. The topological polar surface area (TPSA) is 38.8 Å². The molecule has 0 unspecified atom stereocenters. The second kappa shape index (κ2) is 4.33. The highest BCUT2D eigenvalue weighted by molar-refractivity contribution is 9.10. The number of carbonyl (C=O) groups is 1. The summed E-state index contributed by atoms with van der Waals surface area (Å²) in [6, 6.07) is 3.57. The van der Waals surface area contributed by atoms with E-state index in [1.807, 2.05) is 6.92 Å². The second-order valence-electron chi connectivity index (χ2n) is 3.39. The molecule has 0 radical (unpaired) electrons. The van der Waals surface area contributed by atoms with Gasteiger partial charge in [0.25, 0.3) is 5.91 Å². The molecule has 1 aromatic carbocycles. The van der Waals surface area contributed by atoms with Crippen LogP contribution in [0.25, 0.3) is 0 Å². The molecule has 0 saturated carbocycles. The van der Waals surface area contributed by atoms with Gasteiger partial charge in [-0.05, 0) is 35.0 Å². The molecule has 0 saturated heterocycles. The van der Waals surface area contributed by atoms with Crippen LogP contribution in [0, 0.1) is 0 Å². The number of methoxy groups -OCH3 is 1. The lowest BCUT2D eigenvalue weighted by Crippen LogP contribution is -2.38. The molecule has 1 aromatic rings. The minimum atomic E-state index is -0.0328. The molecule has 5 heteroatoms. The fraction of sp³-hybridized carbons (Fsp3) is 0.364. The third-order valence-corrected chi connectivity index (χ3v) is 3.20. The lowest BCUT2D eigenvalue weighted by atomic mass is 10.1. The number of hydrogen-bond donors (Lipinski definition) is 0. The Bertz CT molecular complexity index is 433. The number of amides is 1. The fourth-order valence-electron chi connectivity index (χ4n) is 1.64. The highest BCUT2D eigenvalue weighted by atomic mass is 79.9. The van der Waals surface area contributed by atoms with Crippen molar-refractivity contribution < 1.29 is 14.3 Å². The predicted molar refractivity (Wildman–Crippen MR) is 62.9 cm³/mol. The number of carbonyl (C=O) groups excluding carboxylic acids is 1. The quantitative estimate of drug-likeness (QED) is 0.837.